The molecule has 1 aliphatic rings. The van der Waals surface area contributed by atoms with Crippen LogP contribution >= 0.6 is 11.6 Å². The van der Waals surface area contributed by atoms with Gasteiger partial charge in [0.15, 0.2) is 0 Å². The highest BCUT2D eigenvalue weighted by atomic mass is 35.5. The topological polar surface area (TPSA) is 29.9 Å². The number of rotatable bonds is 5. The van der Waals surface area contributed by atoms with Crippen LogP contribution in [0.25, 0.3) is 0 Å². The normalized spacial score (nSPS) is 19.4. The second kappa shape index (κ2) is 4.62. The minimum atomic E-state index is 0.312. The highest BCUT2D eigenvalue weighted by Gasteiger charge is 2.41. The fourth-order valence-corrected chi connectivity index (χ4v) is 3.06. The van der Waals surface area contributed by atoms with Gasteiger partial charge in [-0.15, -0.1) is 0 Å². The van der Waals surface area contributed by atoms with Gasteiger partial charge in [-0.3, -0.25) is 4.68 Å². The van der Waals surface area contributed by atoms with Crippen LogP contribution in [0.2, 0.25) is 5.15 Å². The van der Waals surface area contributed by atoms with Gasteiger partial charge < -0.3 is 5.32 Å². The van der Waals surface area contributed by atoms with Crippen LogP contribution in [0.5, 0.6) is 0 Å². The van der Waals surface area contributed by atoms with E-state index in [0.717, 1.165) is 29.7 Å². The van der Waals surface area contributed by atoms with E-state index in [1.165, 1.54) is 18.4 Å². The first-order chi connectivity index (χ1) is 7.98. The second-order valence-corrected chi connectivity index (χ2v) is 5.97. The molecule has 17 heavy (non-hydrogen) atoms. The van der Waals surface area contributed by atoms with Gasteiger partial charge in [-0.2, -0.15) is 5.10 Å². The molecule has 0 bridgehead atoms. The first-order valence-electron chi connectivity index (χ1n) is 6.30. The Labute approximate surface area is 109 Å². The largest absolute Gasteiger partial charge is 0.319 e. The van der Waals surface area contributed by atoms with Crippen molar-refractivity contribution in [3.05, 3.63) is 16.4 Å². The maximum atomic E-state index is 6.33. The molecule has 1 saturated carbocycles. The van der Waals surface area contributed by atoms with E-state index in [1.807, 2.05) is 21.0 Å². The van der Waals surface area contributed by atoms with Crippen molar-refractivity contribution in [3.8, 4) is 0 Å². The third kappa shape index (κ3) is 2.50. The molecule has 2 rings (SSSR count). The van der Waals surface area contributed by atoms with E-state index in [-0.39, 0.29) is 0 Å². The van der Waals surface area contributed by atoms with E-state index < -0.39 is 0 Å². The summed E-state index contributed by atoms with van der Waals surface area (Å²) in [5.74, 6) is 0.839. The third-order valence-electron chi connectivity index (χ3n) is 3.99. The Hall–Kier alpha value is -0.540. The Morgan fingerprint density at radius 1 is 1.53 bits per heavy atom. The number of nitrogens with one attached hydrogen (secondary N) is 1. The Bertz CT molecular complexity index is 409. The fourth-order valence-electron chi connectivity index (χ4n) is 2.81. The molecule has 0 spiro atoms. The zero-order chi connectivity index (χ0) is 12.6. The van der Waals surface area contributed by atoms with Crippen LogP contribution in [-0.4, -0.2) is 23.4 Å². The van der Waals surface area contributed by atoms with Crippen molar-refractivity contribution in [1.82, 2.24) is 15.1 Å². The monoisotopic (exact) mass is 255 g/mol. The summed E-state index contributed by atoms with van der Waals surface area (Å²) in [5.41, 5.74) is 2.60. The molecule has 1 aliphatic carbocycles. The zero-order valence-electron chi connectivity index (χ0n) is 11.2. The van der Waals surface area contributed by atoms with Crippen LogP contribution in [0.4, 0.5) is 0 Å². The van der Waals surface area contributed by atoms with Gasteiger partial charge in [0.25, 0.3) is 0 Å². The Morgan fingerprint density at radius 3 is 2.59 bits per heavy atom. The molecule has 1 aromatic heterocycles. The number of hydrogen-bond donors (Lipinski definition) is 1. The number of aryl methyl sites for hydroxylation is 2. The zero-order valence-corrected chi connectivity index (χ0v) is 11.9. The minimum Gasteiger partial charge on any atom is -0.319 e. The molecule has 1 unspecified atom stereocenters. The number of aromatic nitrogens is 2. The van der Waals surface area contributed by atoms with E-state index in [1.54, 1.807) is 4.68 Å². The van der Waals surface area contributed by atoms with Gasteiger partial charge in [0.2, 0.25) is 0 Å². The van der Waals surface area contributed by atoms with Gasteiger partial charge in [-0.25, -0.2) is 0 Å². The van der Waals surface area contributed by atoms with Gasteiger partial charge in [0.05, 0.1) is 5.69 Å². The summed E-state index contributed by atoms with van der Waals surface area (Å²) >= 11 is 6.33. The van der Waals surface area contributed by atoms with Crippen LogP contribution in [0, 0.1) is 18.3 Å². The smallest absolute Gasteiger partial charge is 0.130 e. The lowest BCUT2D eigenvalue weighted by Crippen LogP contribution is -2.34. The van der Waals surface area contributed by atoms with Crippen LogP contribution in [0.1, 0.15) is 31.0 Å². The summed E-state index contributed by atoms with van der Waals surface area (Å²) in [6.07, 6.45) is 3.74. The van der Waals surface area contributed by atoms with Crippen molar-refractivity contribution in [3.63, 3.8) is 0 Å². The lowest BCUT2D eigenvalue weighted by molar-refractivity contribution is 0.262. The molecule has 0 saturated heterocycles. The summed E-state index contributed by atoms with van der Waals surface area (Å²) in [6.45, 7) is 5.46. The molecule has 3 nitrogen and oxygen atoms in total. The molecular formula is C13H22ClN3. The molecule has 4 heteroatoms. The van der Waals surface area contributed by atoms with E-state index in [2.05, 4.69) is 17.3 Å². The summed E-state index contributed by atoms with van der Waals surface area (Å²) in [7, 11) is 3.93. The number of hydrogen-bond acceptors (Lipinski definition) is 2. The standard InChI is InChI=1S/C13H22ClN3/c1-9-11(12(14)17(4)16-9)7-13(2,8-15-3)10-5-6-10/h10,15H,5-8H2,1-4H3. The summed E-state index contributed by atoms with van der Waals surface area (Å²) in [6, 6.07) is 0. The fraction of sp³-hybridized carbons (Fsp3) is 0.769. The van der Waals surface area contributed by atoms with Crippen molar-refractivity contribution >= 4 is 11.6 Å². The Balaban J connectivity index is 2.22. The number of nitrogens with zero attached hydrogens (tertiary/aromatic N) is 2. The van der Waals surface area contributed by atoms with E-state index >= 15 is 0 Å². The van der Waals surface area contributed by atoms with E-state index in [9.17, 15) is 0 Å². The second-order valence-electron chi connectivity index (χ2n) is 5.61. The predicted octanol–water partition coefficient (Wildman–Crippen LogP) is 2.56. The van der Waals surface area contributed by atoms with Gasteiger partial charge >= 0.3 is 0 Å². The Kier molecular flexibility index (Phi) is 3.50. The first kappa shape index (κ1) is 12.9. The molecule has 0 aromatic carbocycles. The highest BCUT2D eigenvalue weighted by molar-refractivity contribution is 6.30. The van der Waals surface area contributed by atoms with E-state index in [4.69, 9.17) is 11.6 Å². The molecule has 1 atom stereocenters. The molecule has 1 heterocycles. The predicted molar refractivity (Wildman–Crippen MR) is 71.4 cm³/mol. The summed E-state index contributed by atoms with van der Waals surface area (Å²) < 4.78 is 1.78. The van der Waals surface area contributed by atoms with Crippen molar-refractivity contribution in [2.75, 3.05) is 13.6 Å². The van der Waals surface area contributed by atoms with Crippen LogP contribution in [0.15, 0.2) is 0 Å². The average molecular weight is 256 g/mol. The summed E-state index contributed by atoms with van der Waals surface area (Å²) in [4.78, 5) is 0. The molecule has 96 valence electrons. The molecule has 0 aliphatic heterocycles. The van der Waals surface area contributed by atoms with Crippen molar-refractivity contribution in [1.29, 1.82) is 0 Å². The SMILES string of the molecule is CNCC(C)(Cc1c(C)nn(C)c1Cl)C1CC1. The number of halogens is 1. The average Bonchev–Trinajstić information content (AvgIpc) is 3.05. The molecule has 0 radical (unpaired) electrons. The minimum absolute atomic E-state index is 0.312. The van der Waals surface area contributed by atoms with Gasteiger partial charge in [0, 0.05) is 19.2 Å². The van der Waals surface area contributed by atoms with Crippen molar-refractivity contribution < 1.29 is 0 Å². The molecule has 0 amide bonds. The quantitative estimate of drug-likeness (QED) is 0.877. The molecular weight excluding hydrogens is 234 g/mol. The van der Waals surface area contributed by atoms with E-state index in [0.29, 0.717) is 5.41 Å². The van der Waals surface area contributed by atoms with Crippen molar-refractivity contribution in [2.24, 2.45) is 18.4 Å². The maximum Gasteiger partial charge on any atom is 0.130 e. The molecule has 1 N–H and O–H groups in total. The summed E-state index contributed by atoms with van der Waals surface area (Å²) in [5, 5.41) is 8.52. The van der Waals surface area contributed by atoms with Gasteiger partial charge in [-0.05, 0) is 44.6 Å². The third-order valence-corrected chi connectivity index (χ3v) is 4.47. The first-order valence-corrected chi connectivity index (χ1v) is 6.68. The molecule has 1 aromatic rings. The Morgan fingerprint density at radius 2 is 2.18 bits per heavy atom. The van der Waals surface area contributed by atoms with Crippen molar-refractivity contribution in [2.45, 2.75) is 33.1 Å². The van der Waals surface area contributed by atoms with Gasteiger partial charge in [0.1, 0.15) is 5.15 Å². The molecule has 1 fully saturated rings. The lowest BCUT2D eigenvalue weighted by atomic mass is 9.79. The van der Waals surface area contributed by atoms with Gasteiger partial charge in [-0.1, -0.05) is 18.5 Å². The van der Waals surface area contributed by atoms with Crippen LogP contribution in [0.3, 0.4) is 0 Å². The lowest BCUT2D eigenvalue weighted by Gasteiger charge is -2.29. The van der Waals surface area contributed by atoms with Crippen LogP contribution < -0.4 is 5.32 Å². The maximum absolute atomic E-state index is 6.33. The van der Waals surface area contributed by atoms with Crippen LogP contribution in [-0.2, 0) is 13.5 Å². The highest BCUT2D eigenvalue weighted by Crippen LogP contribution is 2.47.